The third-order valence-electron chi connectivity index (χ3n) is 7.52. The fraction of sp³-hybridized carbons (Fsp3) is 0.500. The summed E-state index contributed by atoms with van der Waals surface area (Å²) in [6.07, 6.45) is 5.59. The number of esters is 1. The number of nitrogens with zero attached hydrogens (tertiary/aromatic N) is 3. The highest BCUT2D eigenvalue weighted by molar-refractivity contribution is 6.31. The summed E-state index contributed by atoms with van der Waals surface area (Å²) in [5, 5.41) is 2.03. The van der Waals surface area contributed by atoms with Crippen LogP contribution in [0.2, 0.25) is 5.02 Å². The van der Waals surface area contributed by atoms with Gasteiger partial charge in [0.1, 0.15) is 0 Å². The predicted octanol–water partition coefficient (Wildman–Crippen LogP) is 6.06. The van der Waals surface area contributed by atoms with E-state index in [0.717, 1.165) is 35.2 Å². The van der Waals surface area contributed by atoms with Crippen molar-refractivity contribution in [2.75, 3.05) is 13.6 Å². The smallest absolute Gasteiger partial charge is 0.306 e. The van der Waals surface area contributed by atoms with E-state index in [0.29, 0.717) is 19.0 Å². The Hall–Kier alpha value is -2.37. The van der Waals surface area contributed by atoms with E-state index in [1.165, 1.54) is 35.0 Å². The quantitative estimate of drug-likeness (QED) is 0.403. The molecule has 3 aromatic rings. The molecule has 34 heavy (non-hydrogen) atoms. The molecule has 2 aromatic heterocycles. The van der Waals surface area contributed by atoms with Crippen molar-refractivity contribution in [3.05, 3.63) is 64.1 Å². The molecule has 0 spiro atoms. The number of carbonyl (C=O) groups excluding carboxylic acids is 1. The third kappa shape index (κ3) is 4.48. The normalized spacial score (nSPS) is 21.0. The average Bonchev–Trinajstić information content (AvgIpc) is 3.19. The van der Waals surface area contributed by atoms with Gasteiger partial charge in [0.05, 0.1) is 12.5 Å². The second-order valence-electron chi connectivity index (χ2n) is 10.4. The van der Waals surface area contributed by atoms with Crippen LogP contribution >= 0.6 is 11.6 Å². The van der Waals surface area contributed by atoms with E-state index in [2.05, 4.69) is 39.7 Å². The Morgan fingerprint density at radius 2 is 2.09 bits per heavy atom. The van der Waals surface area contributed by atoms with Gasteiger partial charge in [0.15, 0.2) is 0 Å². The molecule has 3 heterocycles. The molecule has 3 unspecified atom stereocenters. The Morgan fingerprint density at radius 3 is 2.82 bits per heavy atom. The molecule has 5 nitrogen and oxygen atoms in total. The Morgan fingerprint density at radius 1 is 1.26 bits per heavy atom. The number of aryl methyl sites for hydroxylation is 1. The molecule has 6 heteroatoms. The minimum Gasteiger partial charge on any atom is -0.463 e. The van der Waals surface area contributed by atoms with Gasteiger partial charge >= 0.3 is 5.97 Å². The van der Waals surface area contributed by atoms with Crippen LogP contribution in [-0.2, 0) is 22.5 Å². The zero-order chi connectivity index (χ0) is 24.0. The molecule has 1 fully saturated rings. The topological polar surface area (TPSA) is 47.4 Å². The van der Waals surface area contributed by atoms with Crippen LogP contribution in [0.25, 0.3) is 10.9 Å². The van der Waals surface area contributed by atoms with E-state index in [4.69, 9.17) is 16.3 Å². The SMILES string of the molecule is Cc1ccc(C(CC(=O)OC(C)C)Cn2c3c(c4cc(Cl)ccc42)C2CC(CC3)CN2C)cn1. The molecule has 0 radical (unpaired) electrons. The van der Waals surface area contributed by atoms with E-state index in [1.54, 1.807) is 0 Å². The van der Waals surface area contributed by atoms with Gasteiger partial charge in [0.2, 0.25) is 0 Å². The van der Waals surface area contributed by atoms with Crippen LogP contribution in [0.3, 0.4) is 0 Å². The number of rotatable bonds is 6. The van der Waals surface area contributed by atoms with Crippen molar-refractivity contribution in [3.63, 3.8) is 0 Å². The number of pyridine rings is 1. The lowest BCUT2D eigenvalue weighted by Gasteiger charge is -2.24. The lowest BCUT2D eigenvalue weighted by Crippen LogP contribution is -2.22. The van der Waals surface area contributed by atoms with Crippen molar-refractivity contribution in [2.24, 2.45) is 5.92 Å². The minimum absolute atomic E-state index is 0.0205. The van der Waals surface area contributed by atoms with E-state index in [9.17, 15) is 4.79 Å². The molecule has 1 aliphatic carbocycles. The highest BCUT2D eigenvalue weighted by atomic mass is 35.5. The molecule has 0 saturated carbocycles. The van der Waals surface area contributed by atoms with Crippen LogP contribution in [0, 0.1) is 12.8 Å². The standard InChI is InChI=1S/C28H34ClN3O2/c1-17(2)34-27(33)12-21(20-7-5-18(3)30-14-20)16-32-24-10-8-22(29)13-23(24)28-25(32)9-6-19-11-26(28)31(4)15-19/h5,7-8,10,13-14,17,19,21,26H,6,9,11-12,15-16H2,1-4H3. The third-order valence-corrected chi connectivity index (χ3v) is 7.76. The van der Waals surface area contributed by atoms with Crippen LogP contribution in [0.1, 0.15) is 67.6 Å². The molecule has 5 rings (SSSR count). The van der Waals surface area contributed by atoms with Crippen molar-refractivity contribution < 1.29 is 9.53 Å². The molecule has 1 aromatic carbocycles. The van der Waals surface area contributed by atoms with Gasteiger partial charge in [0.25, 0.3) is 0 Å². The zero-order valence-electron chi connectivity index (χ0n) is 20.6. The van der Waals surface area contributed by atoms with Crippen molar-refractivity contribution in [3.8, 4) is 0 Å². The lowest BCUT2D eigenvalue weighted by atomic mass is 9.96. The molecule has 0 N–H and O–H groups in total. The maximum absolute atomic E-state index is 12.8. The fourth-order valence-corrected chi connectivity index (χ4v) is 6.16. The van der Waals surface area contributed by atoms with Crippen molar-refractivity contribution in [2.45, 2.75) is 71.1 Å². The summed E-state index contributed by atoms with van der Waals surface area (Å²) in [6, 6.07) is 10.8. The van der Waals surface area contributed by atoms with Crippen LogP contribution in [-0.4, -0.2) is 40.1 Å². The molecule has 1 aliphatic heterocycles. The predicted molar refractivity (Wildman–Crippen MR) is 136 cm³/mol. The van der Waals surface area contributed by atoms with Gasteiger partial charge in [-0.3, -0.25) is 14.7 Å². The second kappa shape index (κ2) is 9.35. The van der Waals surface area contributed by atoms with E-state index < -0.39 is 0 Å². The first-order valence-electron chi connectivity index (χ1n) is 12.4. The van der Waals surface area contributed by atoms with Crippen LogP contribution in [0.5, 0.6) is 0 Å². The van der Waals surface area contributed by atoms with Crippen molar-refractivity contribution >= 4 is 28.5 Å². The highest BCUT2D eigenvalue weighted by Crippen LogP contribution is 2.46. The molecule has 0 amide bonds. The number of hydrogen-bond donors (Lipinski definition) is 0. The van der Waals surface area contributed by atoms with Gasteiger partial charge in [-0.1, -0.05) is 17.7 Å². The summed E-state index contributed by atoms with van der Waals surface area (Å²) in [5.74, 6) is 0.557. The Bertz CT molecular complexity index is 1200. The van der Waals surface area contributed by atoms with Crippen LogP contribution < -0.4 is 0 Å². The number of benzene rings is 1. The van der Waals surface area contributed by atoms with E-state index in [1.807, 2.05) is 39.1 Å². The van der Waals surface area contributed by atoms with Crippen LogP contribution in [0.15, 0.2) is 36.5 Å². The number of aromatic nitrogens is 2. The zero-order valence-corrected chi connectivity index (χ0v) is 21.3. The Kier molecular flexibility index (Phi) is 6.43. The average molecular weight is 480 g/mol. The molecule has 2 bridgehead atoms. The summed E-state index contributed by atoms with van der Waals surface area (Å²) < 4.78 is 8.00. The van der Waals surface area contributed by atoms with Gasteiger partial charge in [-0.15, -0.1) is 0 Å². The van der Waals surface area contributed by atoms with Crippen molar-refractivity contribution in [1.82, 2.24) is 14.5 Å². The summed E-state index contributed by atoms with van der Waals surface area (Å²) in [6.45, 7) is 7.66. The van der Waals surface area contributed by atoms with Crippen LogP contribution in [0.4, 0.5) is 0 Å². The lowest BCUT2D eigenvalue weighted by molar-refractivity contribution is -0.147. The number of likely N-dealkylation sites (tertiary alicyclic amines) is 1. The molecule has 1 saturated heterocycles. The largest absolute Gasteiger partial charge is 0.463 e. The van der Waals surface area contributed by atoms with Gasteiger partial charge in [0, 0.05) is 58.6 Å². The number of ether oxygens (including phenoxy) is 1. The first kappa shape index (κ1) is 23.4. The summed E-state index contributed by atoms with van der Waals surface area (Å²) in [5.41, 5.74) is 6.09. The van der Waals surface area contributed by atoms with Gasteiger partial charge < -0.3 is 9.30 Å². The molecule has 180 valence electrons. The van der Waals surface area contributed by atoms with E-state index in [-0.39, 0.29) is 18.0 Å². The summed E-state index contributed by atoms with van der Waals surface area (Å²) in [4.78, 5) is 19.8. The molecular formula is C28H34ClN3O2. The second-order valence-corrected chi connectivity index (χ2v) is 10.8. The maximum Gasteiger partial charge on any atom is 0.306 e. The number of halogens is 1. The number of fused-ring (bicyclic) bond motifs is 6. The fourth-order valence-electron chi connectivity index (χ4n) is 5.99. The van der Waals surface area contributed by atoms with Gasteiger partial charge in [-0.25, -0.2) is 0 Å². The summed E-state index contributed by atoms with van der Waals surface area (Å²) >= 11 is 6.49. The monoisotopic (exact) mass is 479 g/mol. The minimum atomic E-state index is -0.162. The molecule has 2 aliphatic rings. The Balaban J connectivity index is 1.60. The Labute approximate surface area is 207 Å². The van der Waals surface area contributed by atoms with Gasteiger partial charge in [-0.2, -0.15) is 0 Å². The summed E-state index contributed by atoms with van der Waals surface area (Å²) in [7, 11) is 2.25. The van der Waals surface area contributed by atoms with Gasteiger partial charge in [-0.05, 0) is 88.4 Å². The first-order chi connectivity index (χ1) is 16.3. The van der Waals surface area contributed by atoms with Crippen molar-refractivity contribution in [1.29, 1.82) is 0 Å². The van der Waals surface area contributed by atoms with E-state index >= 15 is 0 Å². The number of hydrogen-bond acceptors (Lipinski definition) is 4. The number of carbonyl (C=O) groups is 1. The maximum atomic E-state index is 12.8. The molecular weight excluding hydrogens is 446 g/mol. The highest BCUT2D eigenvalue weighted by Gasteiger charge is 2.38. The first-order valence-corrected chi connectivity index (χ1v) is 12.8. The molecule has 3 atom stereocenters.